The van der Waals surface area contributed by atoms with Crippen molar-refractivity contribution in [2.75, 3.05) is 6.54 Å². The van der Waals surface area contributed by atoms with Crippen LogP contribution in [0.1, 0.15) is 29.2 Å². The van der Waals surface area contributed by atoms with E-state index < -0.39 is 6.10 Å². The Bertz CT molecular complexity index is 311. The summed E-state index contributed by atoms with van der Waals surface area (Å²) >= 11 is 1.08. The Labute approximate surface area is 86.3 Å². The highest BCUT2D eigenvalue weighted by Gasteiger charge is 2.14. The van der Waals surface area contributed by atoms with E-state index in [-0.39, 0.29) is 12.5 Å². The molecule has 0 aliphatic carbocycles. The zero-order chi connectivity index (χ0) is 10.6. The summed E-state index contributed by atoms with van der Waals surface area (Å²) in [5.41, 5.74) is 0.707. The second-order valence-electron chi connectivity index (χ2n) is 2.96. The van der Waals surface area contributed by atoms with E-state index in [0.29, 0.717) is 17.0 Å². The topological polar surface area (TPSA) is 75.1 Å². The van der Waals surface area contributed by atoms with Gasteiger partial charge in [-0.25, -0.2) is 0 Å². The van der Waals surface area contributed by atoms with E-state index in [2.05, 4.69) is 14.9 Å². The van der Waals surface area contributed by atoms with Crippen molar-refractivity contribution in [1.82, 2.24) is 14.9 Å². The third kappa shape index (κ3) is 2.74. The average Bonchev–Trinajstić information content (AvgIpc) is 2.61. The molecule has 1 amide bonds. The Balaban J connectivity index is 2.60. The summed E-state index contributed by atoms with van der Waals surface area (Å²) in [6, 6.07) is 0. The van der Waals surface area contributed by atoms with Crippen LogP contribution in [-0.4, -0.2) is 33.2 Å². The van der Waals surface area contributed by atoms with Gasteiger partial charge >= 0.3 is 0 Å². The Morgan fingerprint density at radius 2 is 2.43 bits per heavy atom. The molecule has 6 heteroatoms. The van der Waals surface area contributed by atoms with Gasteiger partial charge in [0.2, 0.25) is 0 Å². The standard InChI is InChI=1S/C8H13N3O2S/c1-3-6-7(14-11-10-6)8(13)9-4-5(2)12/h5,12H,3-4H2,1-2H3,(H,9,13)/t5-/m0/s1. The lowest BCUT2D eigenvalue weighted by atomic mass is 10.3. The normalized spacial score (nSPS) is 12.5. The summed E-state index contributed by atoms with van der Waals surface area (Å²) in [6.07, 6.45) is 0.151. The van der Waals surface area contributed by atoms with Crippen molar-refractivity contribution < 1.29 is 9.90 Å². The first kappa shape index (κ1) is 11.1. The lowest BCUT2D eigenvalue weighted by Crippen LogP contribution is -2.30. The van der Waals surface area contributed by atoms with Gasteiger partial charge in [0.15, 0.2) is 0 Å². The largest absolute Gasteiger partial charge is 0.392 e. The number of nitrogens with one attached hydrogen (secondary N) is 1. The van der Waals surface area contributed by atoms with Crippen LogP contribution in [0, 0.1) is 0 Å². The van der Waals surface area contributed by atoms with Gasteiger partial charge in [-0.15, -0.1) is 5.10 Å². The fourth-order valence-corrected chi connectivity index (χ4v) is 1.60. The number of carbonyl (C=O) groups is 1. The van der Waals surface area contributed by atoms with Crippen LogP contribution in [0.15, 0.2) is 0 Å². The number of rotatable bonds is 4. The molecule has 1 heterocycles. The summed E-state index contributed by atoms with van der Waals surface area (Å²) in [6.45, 7) is 3.79. The number of nitrogens with zero attached hydrogens (tertiary/aromatic N) is 2. The van der Waals surface area contributed by atoms with Crippen LogP contribution in [0.5, 0.6) is 0 Å². The fraction of sp³-hybridized carbons (Fsp3) is 0.625. The maximum absolute atomic E-state index is 11.5. The molecule has 1 rings (SSSR count). The zero-order valence-electron chi connectivity index (χ0n) is 8.15. The molecule has 0 unspecified atom stereocenters. The number of hydrogen-bond acceptors (Lipinski definition) is 5. The van der Waals surface area contributed by atoms with Gasteiger partial charge in [-0.1, -0.05) is 11.4 Å². The van der Waals surface area contributed by atoms with E-state index >= 15 is 0 Å². The molecule has 0 radical (unpaired) electrons. The highest BCUT2D eigenvalue weighted by atomic mass is 32.1. The average molecular weight is 215 g/mol. The molecule has 1 aromatic heterocycles. The van der Waals surface area contributed by atoms with Crippen molar-refractivity contribution in [3.8, 4) is 0 Å². The second-order valence-corrected chi connectivity index (χ2v) is 3.72. The first-order chi connectivity index (χ1) is 6.65. The molecule has 0 aliphatic heterocycles. The first-order valence-electron chi connectivity index (χ1n) is 4.42. The van der Waals surface area contributed by atoms with Gasteiger partial charge in [-0.05, 0) is 24.9 Å². The Morgan fingerprint density at radius 1 is 1.71 bits per heavy atom. The highest BCUT2D eigenvalue weighted by molar-refractivity contribution is 7.08. The third-order valence-corrected chi connectivity index (χ3v) is 2.42. The van der Waals surface area contributed by atoms with Crippen LogP contribution in [0.4, 0.5) is 0 Å². The van der Waals surface area contributed by atoms with Gasteiger partial charge in [0.25, 0.3) is 5.91 Å². The first-order valence-corrected chi connectivity index (χ1v) is 5.20. The Kier molecular flexibility index (Phi) is 3.97. The van der Waals surface area contributed by atoms with Crippen molar-refractivity contribution in [3.63, 3.8) is 0 Å². The number of amides is 1. The smallest absolute Gasteiger partial charge is 0.265 e. The predicted molar refractivity (Wildman–Crippen MR) is 53.3 cm³/mol. The van der Waals surface area contributed by atoms with Crippen molar-refractivity contribution in [1.29, 1.82) is 0 Å². The predicted octanol–water partition coefficient (Wildman–Crippen LogP) is 0.211. The number of aromatic nitrogens is 2. The van der Waals surface area contributed by atoms with Gasteiger partial charge < -0.3 is 10.4 Å². The van der Waals surface area contributed by atoms with E-state index in [9.17, 15) is 4.79 Å². The third-order valence-electron chi connectivity index (χ3n) is 1.65. The van der Waals surface area contributed by atoms with Gasteiger partial charge in [0.05, 0.1) is 11.8 Å². The zero-order valence-corrected chi connectivity index (χ0v) is 8.97. The van der Waals surface area contributed by atoms with Gasteiger partial charge in [0.1, 0.15) is 4.88 Å². The molecule has 2 N–H and O–H groups in total. The molecule has 0 aliphatic rings. The number of aliphatic hydroxyl groups is 1. The van der Waals surface area contributed by atoms with Crippen molar-refractivity contribution in [3.05, 3.63) is 10.6 Å². The minimum atomic E-state index is -0.537. The van der Waals surface area contributed by atoms with Crippen molar-refractivity contribution >= 4 is 17.4 Å². The minimum Gasteiger partial charge on any atom is -0.392 e. The van der Waals surface area contributed by atoms with E-state index in [1.54, 1.807) is 6.92 Å². The summed E-state index contributed by atoms with van der Waals surface area (Å²) in [4.78, 5) is 12.0. The summed E-state index contributed by atoms with van der Waals surface area (Å²) in [5, 5.41) is 15.4. The molecular weight excluding hydrogens is 202 g/mol. The summed E-state index contributed by atoms with van der Waals surface area (Å²) in [7, 11) is 0. The second kappa shape index (κ2) is 5.02. The van der Waals surface area contributed by atoms with Gasteiger partial charge in [-0.3, -0.25) is 4.79 Å². The molecule has 0 aromatic carbocycles. The van der Waals surface area contributed by atoms with Crippen LogP contribution < -0.4 is 5.32 Å². The van der Waals surface area contributed by atoms with Crippen LogP contribution in [0.2, 0.25) is 0 Å². The monoisotopic (exact) mass is 215 g/mol. The fourth-order valence-electron chi connectivity index (χ4n) is 0.933. The molecule has 0 saturated carbocycles. The quantitative estimate of drug-likeness (QED) is 0.753. The molecule has 78 valence electrons. The molecule has 14 heavy (non-hydrogen) atoms. The molecule has 0 bridgehead atoms. The van der Waals surface area contributed by atoms with Crippen LogP contribution in [-0.2, 0) is 6.42 Å². The lowest BCUT2D eigenvalue weighted by molar-refractivity contribution is 0.0927. The van der Waals surface area contributed by atoms with Crippen molar-refractivity contribution in [2.24, 2.45) is 0 Å². The minimum absolute atomic E-state index is 0.210. The SMILES string of the molecule is CCc1nnsc1C(=O)NC[C@H](C)O. The maximum atomic E-state index is 11.5. The molecule has 1 atom stereocenters. The molecule has 1 aromatic rings. The summed E-state index contributed by atoms with van der Waals surface area (Å²) in [5.74, 6) is -0.210. The van der Waals surface area contributed by atoms with Crippen LogP contribution in [0.3, 0.4) is 0 Å². The van der Waals surface area contributed by atoms with Gasteiger partial charge in [0, 0.05) is 6.54 Å². The van der Waals surface area contributed by atoms with E-state index in [0.717, 1.165) is 11.5 Å². The van der Waals surface area contributed by atoms with Gasteiger partial charge in [-0.2, -0.15) is 0 Å². The number of aryl methyl sites for hydroxylation is 1. The van der Waals surface area contributed by atoms with Crippen molar-refractivity contribution in [2.45, 2.75) is 26.4 Å². The lowest BCUT2D eigenvalue weighted by Gasteiger charge is -2.05. The van der Waals surface area contributed by atoms with E-state index in [1.807, 2.05) is 6.92 Å². The Hall–Kier alpha value is -1.01. The highest BCUT2D eigenvalue weighted by Crippen LogP contribution is 2.10. The summed E-state index contributed by atoms with van der Waals surface area (Å²) < 4.78 is 3.71. The maximum Gasteiger partial charge on any atom is 0.265 e. The van der Waals surface area contributed by atoms with E-state index in [4.69, 9.17) is 5.11 Å². The van der Waals surface area contributed by atoms with Crippen LogP contribution >= 0.6 is 11.5 Å². The van der Waals surface area contributed by atoms with Crippen LogP contribution in [0.25, 0.3) is 0 Å². The molecular formula is C8H13N3O2S. The number of hydrogen-bond donors (Lipinski definition) is 2. The number of aliphatic hydroxyl groups excluding tert-OH is 1. The molecule has 0 spiro atoms. The van der Waals surface area contributed by atoms with E-state index in [1.165, 1.54) is 0 Å². The molecule has 0 fully saturated rings. The number of carbonyl (C=O) groups excluding carboxylic acids is 1. The molecule has 5 nitrogen and oxygen atoms in total. The molecule has 0 saturated heterocycles. The Morgan fingerprint density at radius 3 is 3.00 bits per heavy atom.